The van der Waals surface area contributed by atoms with Crippen LogP contribution < -0.4 is 10.2 Å². The van der Waals surface area contributed by atoms with Crippen LogP contribution in [0.2, 0.25) is 0 Å². The number of likely N-dealkylation sites (tertiary alicyclic amines) is 1. The van der Waals surface area contributed by atoms with E-state index < -0.39 is 0 Å². The highest BCUT2D eigenvalue weighted by atomic mass is 16.3. The predicted molar refractivity (Wildman–Crippen MR) is 114 cm³/mol. The molecule has 0 radical (unpaired) electrons. The lowest BCUT2D eigenvalue weighted by molar-refractivity contribution is -0.139. The number of hydrogen-bond donors (Lipinski definition) is 2. The van der Waals surface area contributed by atoms with Crippen molar-refractivity contribution in [3.8, 4) is 0 Å². The zero-order valence-electron chi connectivity index (χ0n) is 17.6. The largest absolute Gasteiger partial charge is 0.393 e. The van der Waals surface area contributed by atoms with Crippen LogP contribution in [0.5, 0.6) is 0 Å². The van der Waals surface area contributed by atoms with Gasteiger partial charge in [-0.05, 0) is 69.9 Å². The van der Waals surface area contributed by atoms with Crippen LogP contribution in [-0.2, 0) is 9.59 Å². The van der Waals surface area contributed by atoms with Gasteiger partial charge in [0.15, 0.2) is 0 Å². The van der Waals surface area contributed by atoms with E-state index in [4.69, 9.17) is 0 Å². The number of carbonyl (C=O) groups excluding carboxylic acids is 2. The SMILES string of the molecule is O=C(Nc1ccc(N2CCCC3(CCN([C@H]4CC[C@H](O)CC4)C3=O)C2)nc1)C1CC1. The Morgan fingerprint density at radius 3 is 2.60 bits per heavy atom. The van der Waals surface area contributed by atoms with Gasteiger partial charge in [0.2, 0.25) is 11.8 Å². The third-order valence-electron chi connectivity index (χ3n) is 7.52. The average molecular weight is 413 g/mol. The third kappa shape index (κ3) is 3.80. The van der Waals surface area contributed by atoms with Crippen molar-refractivity contribution in [2.45, 2.75) is 69.9 Å². The number of aliphatic hydroxyl groups is 1. The first-order valence-corrected chi connectivity index (χ1v) is 11.6. The zero-order valence-corrected chi connectivity index (χ0v) is 17.6. The Bertz CT molecular complexity index is 801. The van der Waals surface area contributed by atoms with Gasteiger partial charge in [0.05, 0.1) is 23.4 Å². The number of nitrogens with one attached hydrogen (secondary N) is 1. The monoisotopic (exact) mass is 412 g/mol. The summed E-state index contributed by atoms with van der Waals surface area (Å²) in [4.78, 5) is 34.3. The van der Waals surface area contributed by atoms with E-state index in [-0.39, 0.29) is 23.3 Å². The van der Waals surface area contributed by atoms with Crippen molar-refractivity contribution in [2.75, 3.05) is 29.9 Å². The fraction of sp³-hybridized carbons (Fsp3) is 0.696. The first kappa shape index (κ1) is 19.8. The number of amides is 2. The van der Waals surface area contributed by atoms with E-state index in [1.807, 2.05) is 12.1 Å². The quantitative estimate of drug-likeness (QED) is 0.794. The van der Waals surface area contributed by atoms with Crippen LogP contribution in [0.1, 0.15) is 57.8 Å². The molecule has 0 bridgehead atoms. The lowest BCUT2D eigenvalue weighted by Gasteiger charge is -2.41. The standard InChI is InChI=1S/C23H32N4O3/c28-19-7-5-18(6-8-19)27-13-11-23(22(27)30)10-1-12-26(15-23)20-9-4-17(14-24-20)25-21(29)16-2-3-16/h4,9,14,16,18-19,28H,1-3,5-8,10-13,15H2,(H,25,29)/t18-,19-,23?. The van der Waals surface area contributed by atoms with Gasteiger partial charge in [-0.3, -0.25) is 9.59 Å². The molecule has 2 aliphatic carbocycles. The molecule has 5 rings (SSSR count). The number of rotatable bonds is 4. The van der Waals surface area contributed by atoms with Gasteiger partial charge < -0.3 is 20.2 Å². The minimum atomic E-state index is -0.297. The summed E-state index contributed by atoms with van der Waals surface area (Å²) in [6, 6.07) is 4.17. The number of nitrogens with zero attached hydrogens (tertiary/aromatic N) is 3. The van der Waals surface area contributed by atoms with E-state index in [0.29, 0.717) is 11.9 Å². The number of hydrogen-bond acceptors (Lipinski definition) is 5. The van der Waals surface area contributed by atoms with Crippen LogP contribution >= 0.6 is 0 Å². The van der Waals surface area contributed by atoms with Crippen molar-refractivity contribution >= 4 is 23.3 Å². The molecular formula is C23H32N4O3. The molecule has 2 N–H and O–H groups in total. The van der Waals surface area contributed by atoms with E-state index >= 15 is 0 Å². The Labute approximate surface area is 177 Å². The van der Waals surface area contributed by atoms with Crippen molar-refractivity contribution < 1.29 is 14.7 Å². The number of anilines is 2. The fourth-order valence-electron chi connectivity index (χ4n) is 5.51. The Morgan fingerprint density at radius 2 is 1.90 bits per heavy atom. The van der Waals surface area contributed by atoms with E-state index in [1.165, 1.54) is 0 Å². The van der Waals surface area contributed by atoms with Crippen LogP contribution in [0.3, 0.4) is 0 Å². The molecule has 7 nitrogen and oxygen atoms in total. The maximum Gasteiger partial charge on any atom is 0.230 e. The maximum atomic E-state index is 13.5. The summed E-state index contributed by atoms with van der Waals surface area (Å²) in [5.74, 6) is 1.45. The van der Waals surface area contributed by atoms with Gasteiger partial charge in [0.1, 0.15) is 5.82 Å². The molecule has 7 heteroatoms. The highest BCUT2D eigenvalue weighted by Crippen LogP contribution is 2.43. The molecule has 30 heavy (non-hydrogen) atoms. The minimum absolute atomic E-state index is 0.0911. The molecule has 1 aromatic heterocycles. The van der Waals surface area contributed by atoms with Gasteiger partial charge in [-0.25, -0.2) is 4.98 Å². The van der Waals surface area contributed by atoms with E-state index in [9.17, 15) is 14.7 Å². The summed E-state index contributed by atoms with van der Waals surface area (Å²) in [6.45, 7) is 2.47. The first-order chi connectivity index (χ1) is 14.5. The lowest BCUT2D eigenvalue weighted by Crippen LogP contribution is -2.50. The molecule has 2 saturated carbocycles. The Hall–Kier alpha value is -2.15. The van der Waals surface area contributed by atoms with E-state index in [0.717, 1.165) is 88.9 Å². The topological polar surface area (TPSA) is 85.8 Å². The van der Waals surface area contributed by atoms with Gasteiger partial charge in [0.25, 0.3) is 0 Å². The Kier molecular flexibility index (Phi) is 5.17. The second-order valence-corrected chi connectivity index (χ2v) is 9.68. The molecule has 1 atom stereocenters. The van der Waals surface area contributed by atoms with E-state index in [1.54, 1.807) is 6.20 Å². The summed E-state index contributed by atoms with van der Waals surface area (Å²) in [5, 5.41) is 12.7. The predicted octanol–water partition coefficient (Wildman–Crippen LogP) is 2.55. The molecule has 2 amide bonds. The highest BCUT2D eigenvalue weighted by molar-refractivity contribution is 5.94. The molecule has 2 aliphatic heterocycles. The number of pyridine rings is 1. The summed E-state index contributed by atoms with van der Waals surface area (Å²) < 4.78 is 0. The maximum absolute atomic E-state index is 13.5. The zero-order chi connectivity index (χ0) is 20.7. The Balaban J connectivity index is 1.24. The van der Waals surface area contributed by atoms with Gasteiger partial charge in [0, 0.05) is 31.6 Å². The Morgan fingerprint density at radius 1 is 1.10 bits per heavy atom. The molecule has 2 saturated heterocycles. The van der Waals surface area contributed by atoms with Gasteiger partial charge in [-0.2, -0.15) is 0 Å². The number of aliphatic hydroxyl groups excluding tert-OH is 1. The molecular weight excluding hydrogens is 380 g/mol. The second kappa shape index (κ2) is 7.84. The molecule has 4 aliphatic rings. The van der Waals surface area contributed by atoms with Crippen LogP contribution in [0.15, 0.2) is 18.3 Å². The summed E-state index contributed by atoms with van der Waals surface area (Å²) in [6.07, 6.45) is 9.81. The van der Waals surface area contributed by atoms with Crippen molar-refractivity contribution in [1.82, 2.24) is 9.88 Å². The summed E-state index contributed by atoms with van der Waals surface area (Å²) >= 11 is 0. The highest BCUT2D eigenvalue weighted by Gasteiger charge is 2.50. The smallest absolute Gasteiger partial charge is 0.230 e. The molecule has 4 fully saturated rings. The molecule has 162 valence electrons. The molecule has 1 unspecified atom stereocenters. The van der Waals surface area contributed by atoms with Gasteiger partial charge >= 0.3 is 0 Å². The number of carbonyl (C=O) groups is 2. The molecule has 1 spiro atoms. The number of piperidine rings is 1. The normalized spacial score (nSPS) is 32.0. The average Bonchev–Trinajstić information content (AvgIpc) is 3.57. The van der Waals surface area contributed by atoms with Crippen molar-refractivity contribution in [3.63, 3.8) is 0 Å². The van der Waals surface area contributed by atoms with Crippen molar-refractivity contribution in [3.05, 3.63) is 18.3 Å². The van der Waals surface area contributed by atoms with Crippen LogP contribution in [0.25, 0.3) is 0 Å². The number of aromatic nitrogens is 1. The van der Waals surface area contributed by atoms with Crippen molar-refractivity contribution in [1.29, 1.82) is 0 Å². The molecule has 3 heterocycles. The van der Waals surface area contributed by atoms with Crippen LogP contribution in [-0.4, -0.2) is 58.6 Å². The first-order valence-electron chi connectivity index (χ1n) is 11.6. The summed E-state index contributed by atoms with van der Waals surface area (Å²) in [7, 11) is 0. The second-order valence-electron chi connectivity index (χ2n) is 9.68. The van der Waals surface area contributed by atoms with Crippen LogP contribution in [0, 0.1) is 11.3 Å². The molecule has 0 aromatic carbocycles. The van der Waals surface area contributed by atoms with Crippen LogP contribution in [0.4, 0.5) is 11.5 Å². The minimum Gasteiger partial charge on any atom is -0.393 e. The summed E-state index contributed by atoms with van der Waals surface area (Å²) in [5.41, 5.74) is 0.444. The van der Waals surface area contributed by atoms with E-state index in [2.05, 4.69) is 20.1 Å². The third-order valence-corrected chi connectivity index (χ3v) is 7.52. The van der Waals surface area contributed by atoms with Crippen molar-refractivity contribution in [2.24, 2.45) is 11.3 Å². The van der Waals surface area contributed by atoms with Gasteiger partial charge in [-0.1, -0.05) is 0 Å². The molecule has 1 aromatic rings. The van der Waals surface area contributed by atoms with Gasteiger partial charge in [-0.15, -0.1) is 0 Å². The fourth-order valence-corrected chi connectivity index (χ4v) is 5.51. The lowest BCUT2D eigenvalue weighted by atomic mass is 9.78.